The number of nitrogens with one attached hydrogen (secondary N) is 2. The average Bonchev–Trinajstić information content (AvgIpc) is 3.27. The monoisotopic (exact) mass is 480 g/mol. The minimum Gasteiger partial charge on any atom is -0.352 e. The molecule has 1 aliphatic heterocycles. The van der Waals surface area contributed by atoms with Crippen LogP contribution in [0.3, 0.4) is 0 Å². The van der Waals surface area contributed by atoms with Crippen LogP contribution in [0.2, 0.25) is 0 Å². The third kappa shape index (κ3) is 4.56. The van der Waals surface area contributed by atoms with Crippen LogP contribution in [0, 0.1) is 17.6 Å². The molecule has 2 aromatic carbocycles. The molecule has 174 valence electrons. The lowest BCUT2D eigenvalue weighted by Gasteiger charge is -2.32. The normalized spacial score (nSPS) is 16.1. The van der Waals surface area contributed by atoms with Gasteiger partial charge in [0.25, 0.3) is 5.56 Å². The molecule has 5 rings (SSSR count). The summed E-state index contributed by atoms with van der Waals surface area (Å²) in [6, 6.07) is 13.0. The summed E-state index contributed by atoms with van der Waals surface area (Å²) in [4.78, 5) is 35.1. The number of amides is 1. The van der Waals surface area contributed by atoms with Crippen molar-refractivity contribution in [3.63, 3.8) is 0 Å². The minimum absolute atomic E-state index is 0.0421. The van der Waals surface area contributed by atoms with E-state index in [9.17, 15) is 18.4 Å². The molecule has 3 heterocycles. The van der Waals surface area contributed by atoms with Crippen LogP contribution in [0.1, 0.15) is 18.4 Å². The Hall–Kier alpha value is -3.59. The van der Waals surface area contributed by atoms with Crippen molar-refractivity contribution < 1.29 is 13.6 Å². The number of hydrogen-bond donors (Lipinski definition) is 2. The van der Waals surface area contributed by atoms with E-state index < -0.39 is 11.6 Å². The predicted molar refractivity (Wildman–Crippen MR) is 129 cm³/mol. The molecule has 34 heavy (non-hydrogen) atoms. The van der Waals surface area contributed by atoms with Crippen LogP contribution in [0.25, 0.3) is 21.3 Å². The molecule has 1 atom stereocenters. The quantitative estimate of drug-likeness (QED) is 0.442. The molecule has 1 amide bonds. The van der Waals surface area contributed by atoms with Gasteiger partial charge in [0, 0.05) is 36.6 Å². The molecule has 0 unspecified atom stereocenters. The number of thiophene rings is 1. The van der Waals surface area contributed by atoms with E-state index in [0.29, 0.717) is 41.2 Å². The maximum Gasteiger partial charge on any atom is 0.270 e. The second-order valence-corrected chi connectivity index (χ2v) is 9.24. The maximum atomic E-state index is 13.4. The van der Waals surface area contributed by atoms with Crippen molar-refractivity contribution in [1.82, 2.24) is 15.3 Å². The summed E-state index contributed by atoms with van der Waals surface area (Å²) in [5.41, 5.74) is 2.70. The molecule has 2 N–H and O–H groups in total. The molecule has 2 aromatic heterocycles. The van der Waals surface area contributed by atoms with Gasteiger partial charge < -0.3 is 10.2 Å². The predicted octanol–water partition coefficient (Wildman–Crippen LogP) is 4.46. The third-order valence-electron chi connectivity index (χ3n) is 5.98. The topological polar surface area (TPSA) is 78.1 Å². The zero-order chi connectivity index (χ0) is 23.7. The smallest absolute Gasteiger partial charge is 0.270 e. The molecular weight excluding hydrogens is 458 g/mol. The molecule has 6 nitrogen and oxygen atoms in total. The van der Waals surface area contributed by atoms with Crippen LogP contribution < -0.4 is 15.8 Å². The van der Waals surface area contributed by atoms with Gasteiger partial charge in [-0.2, -0.15) is 0 Å². The molecule has 1 aliphatic rings. The standard InChI is InChI=1S/C25H22F2N4O2S/c26-18-9-15(10-19(27)11-18)12-28-23(32)17-7-4-8-31(13-17)25-29-21-20(16-5-2-1-3-6-16)14-34-22(21)24(33)30-25/h1-3,5-6,9-11,14,17H,4,7-8,12-13H2,(H,28,32)(H,29,30,33)/t17-/m0/s1. The van der Waals surface area contributed by atoms with Crippen LogP contribution >= 0.6 is 11.3 Å². The SMILES string of the molecule is O=C(NCc1cc(F)cc(F)c1)[C@H]1CCCN(c2nc3c(-c4ccccc4)csc3c(=O)[nH]2)C1. The Morgan fingerprint density at radius 3 is 2.71 bits per heavy atom. The first-order valence-electron chi connectivity index (χ1n) is 11.0. The van der Waals surface area contributed by atoms with E-state index in [1.165, 1.54) is 23.5 Å². The maximum absolute atomic E-state index is 13.4. The first-order valence-corrected chi connectivity index (χ1v) is 11.9. The van der Waals surface area contributed by atoms with E-state index in [1.54, 1.807) is 0 Å². The fraction of sp³-hybridized carbons (Fsp3) is 0.240. The molecule has 0 aliphatic carbocycles. The number of carbonyl (C=O) groups is 1. The lowest BCUT2D eigenvalue weighted by molar-refractivity contribution is -0.125. The number of aromatic nitrogens is 2. The number of rotatable bonds is 5. The minimum atomic E-state index is -0.679. The van der Waals surface area contributed by atoms with Crippen molar-refractivity contribution in [3.05, 3.63) is 81.5 Å². The Labute approximate surface area is 198 Å². The van der Waals surface area contributed by atoms with Gasteiger partial charge in [0.2, 0.25) is 11.9 Å². The van der Waals surface area contributed by atoms with Gasteiger partial charge >= 0.3 is 0 Å². The number of hydrogen-bond acceptors (Lipinski definition) is 5. The fourth-order valence-electron chi connectivity index (χ4n) is 4.32. The number of H-pyrrole nitrogens is 1. The molecule has 0 spiro atoms. The van der Waals surface area contributed by atoms with E-state index in [0.717, 1.165) is 23.6 Å². The highest BCUT2D eigenvalue weighted by molar-refractivity contribution is 7.17. The highest BCUT2D eigenvalue weighted by atomic mass is 32.1. The lowest BCUT2D eigenvalue weighted by Crippen LogP contribution is -2.44. The van der Waals surface area contributed by atoms with Gasteiger partial charge in [0.05, 0.1) is 11.4 Å². The Kier molecular flexibility index (Phi) is 6.10. The van der Waals surface area contributed by atoms with E-state index in [-0.39, 0.29) is 23.9 Å². The zero-order valence-electron chi connectivity index (χ0n) is 18.2. The number of fused-ring (bicyclic) bond motifs is 1. The Morgan fingerprint density at radius 1 is 1.18 bits per heavy atom. The summed E-state index contributed by atoms with van der Waals surface area (Å²) in [5, 5.41) is 4.71. The molecule has 0 radical (unpaired) electrons. The molecule has 1 fully saturated rings. The summed E-state index contributed by atoms with van der Waals surface area (Å²) in [5.74, 6) is -1.44. The van der Waals surface area contributed by atoms with Crippen LogP contribution in [0.4, 0.5) is 14.7 Å². The number of aromatic amines is 1. The van der Waals surface area contributed by atoms with Crippen molar-refractivity contribution in [3.8, 4) is 11.1 Å². The summed E-state index contributed by atoms with van der Waals surface area (Å²) < 4.78 is 27.4. The van der Waals surface area contributed by atoms with Crippen LogP contribution in [0.15, 0.2) is 58.7 Å². The van der Waals surface area contributed by atoms with Gasteiger partial charge in [-0.3, -0.25) is 14.6 Å². The number of halogens is 2. The number of benzene rings is 2. The van der Waals surface area contributed by atoms with Crippen molar-refractivity contribution in [2.45, 2.75) is 19.4 Å². The van der Waals surface area contributed by atoms with Gasteiger partial charge in [0.1, 0.15) is 16.3 Å². The first kappa shape index (κ1) is 22.2. The van der Waals surface area contributed by atoms with Crippen LogP contribution in [0.5, 0.6) is 0 Å². The largest absolute Gasteiger partial charge is 0.352 e. The second-order valence-electron chi connectivity index (χ2n) is 8.36. The number of nitrogens with zero attached hydrogens (tertiary/aromatic N) is 2. The van der Waals surface area contributed by atoms with E-state index in [2.05, 4.69) is 10.3 Å². The van der Waals surface area contributed by atoms with Gasteiger partial charge in [-0.25, -0.2) is 13.8 Å². The number of piperidine rings is 1. The highest BCUT2D eigenvalue weighted by Crippen LogP contribution is 2.32. The van der Waals surface area contributed by atoms with Crippen molar-refractivity contribution in [2.75, 3.05) is 18.0 Å². The first-order chi connectivity index (χ1) is 16.5. The van der Waals surface area contributed by atoms with Gasteiger partial charge in [-0.15, -0.1) is 11.3 Å². The fourth-order valence-corrected chi connectivity index (χ4v) is 5.23. The van der Waals surface area contributed by atoms with Crippen molar-refractivity contribution in [2.24, 2.45) is 5.92 Å². The third-order valence-corrected chi connectivity index (χ3v) is 6.95. The molecular formula is C25H22F2N4O2S. The lowest BCUT2D eigenvalue weighted by atomic mass is 9.97. The molecule has 0 saturated carbocycles. The van der Waals surface area contributed by atoms with Crippen LogP contribution in [-0.2, 0) is 11.3 Å². The molecule has 9 heteroatoms. The van der Waals surface area contributed by atoms with Gasteiger partial charge in [-0.05, 0) is 36.1 Å². The average molecular weight is 481 g/mol. The highest BCUT2D eigenvalue weighted by Gasteiger charge is 2.27. The van der Waals surface area contributed by atoms with E-state index in [4.69, 9.17) is 4.98 Å². The van der Waals surface area contributed by atoms with Gasteiger partial charge in [-0.1, -0.05) is 30.3 Å². The van der Waals surface area contributed by atoms with E-state index >= 15 is 0 Å². The summed E-state index contributed by atoms with van der Waals surface area (Å²) >= 11 is 1.36. The summed E-state index contributed by atoms with van der Waals surface area (Å²) in [7, 11) is 0. The molecule has 0 bridgehead atoms. The van der Waals surface area contributed by atoms with Crippen LogP contribution in [-0.4, -0.2) is 29.0 Å². The molecule has 4 aromatic rings. The number of anilines is 1. The van der Waals surface area contributed by atoms with Crippen molar-refractivity contribution in [1.29, 1.82) is 0 Å². The van der Waals surface area contributed by atoms with E-state index in [1.807, 2.05) is 40.6 Å². The zero-order valence-corrected chi connectivity index (χ0v) is 19.0. The second kappa shape index (κ2) is 9.34. The molecule has 1 saturated heterocycles. The number of carbonyl (C=O) groups excluding carboxylic acids is 1. The Morgan fingerprint density at radius 2 is 1.94 bits per heavy atom. The van der Waals surface area contributed by atoms with Crippen molar-refractivity contribution >= 4 is 33.4 Å². The Bertz CT molecular complexity index is 1380. The summed E-state index contributed by atoms with van der Waals surface area (Å²) in [6.45, 7) is 1.10. The van der Waals surface area contributed by atoms with Gasteiger partial charge in [0.15, 0.2) is 0 Å². The summed E-state index contributed by atoms with van der Waals surface area (Å²) in [6.07, 6.45) is 1.43. The Balaban J connectivity index is 1.34.